The van der Waals surface area contributed by atoms with Crippen molar-refractivity contribution in [2.45, 2.75) is 26.2 Å². The van der Waals surface area contributed by atoms with E-state index in [4.69, 9.17) is 5.26 Å². The standard InChI is InChI=1S/C12H16N4/c1-2-16(9-10-4-3-5-10)12-8-14-11(6-13)7-15-12/h7-8,10H,2-5,9H2,1H3. The molecule has 4 heteroatoms. The maximum Gasteiger partial charge on any atom is 0.158 e. The first kappa shape index (κ1) is 10.9. The van der Waals surface area contributed by atoms with Gasteiger partial charge in [-0.15, -0.1) is 0 Å². The number of anilines is 1. The molecule has 0 saturated heterocycles. The van der Waals surface area contributed by atoms with E-state index >= 15 is 0 Å². The van der Waals surface area contributed by atoms with E-state index in [1.54, 1.807) is 12.4 Å². The molecule has 0 aliphatic heterocycles. The summed E-state index contributed by atoms with van der Waals surface area (Å²) in [5.41, 5.74) is 0.378. The van der Waals surface area contributed by atoms with Crippen LogP contribution in [0.15, 0.2) is 12.4 Å². The summed E-state index contributed by atoms with van der Waals surface area (Å²) in [6, 6.07) is 1.98. The van der Waals surface area contributed by atoms with Crippen molar-refractivity contribution in [2.24, 2.45) is 5.92 Å². The van der Waals surface area contributed by atoms with Crippen molar-refractivity contribution in [2.75, 3.05) is 18.0 Å². The number of aromatic nitrogens is 2. The van der Waals surface area contributed by atoms with E-state index in [1.165, 1.54) is 19.3 Å². The van der Waals surface area contributed by atoms with Gasteiger partial charge < -0.3 is 4.90 Å². The van der Waals surface area contributed by atoms with Crippen LogP contribution in [-0.2, 0) is 0 Å². The summed E-state index contributed by atoms with van der Waals surface area (Å²) in [5.74, 6) is 1.70. The Bertz CT molecular complexity index is 375. The van der Waals surface area contributed by atoms with Crippen molar-refractivity contribution >= 4 is 5.82 Å². The van der Waals surface area contributed by atoms with Crippen molar-refractivity contribution in [3.8, 4) is 6.07 Å². The Morgan fingerprint density at radius 1 is 1.44 bits per heavy atom. The number of hydrogen-bond acceptors (Lipinski definition) is 4. The molecule has 0 amide bonds. The van der Waals surface area contributed by atoms with Crippen LogP contribution >= 0.6 is 0 Å². The summed E-state index contributed by atoms with van der Waals surface area (Å²) < 4.78 is 0. The third-order valence-electron chi connectivity index (χ3n) is 3.16. The van der Waals surface area contributed by atoms with Crippen LogP contribution in [0.2, 0.25) is 0 Å². The zero-order valence-electron chi connectivity index (χ0n) is 9.56. The Labute approximate surface area is 95.9 Å². The first-order valence-electron chi connectivity index (χ1n) is 5.80. The third-order valence-corrected chi connectivity index (χ3v) is 3.16. The molecule has 0 spiro atoms. The highest BCUT2D eigenvalue weighted by Crippen LogP contribution is 2.28. The largest absolute Gasteiger partial charge is 0.355 e. The predicted octanol–water partition coefficient (Wildman–Crippen LogP) is 1.97. The van der Waals surface area contributed by atoms with Crippen molar-refractivity contribution in [1.82, 2.24) is 9.97 Å². The van der Waals surface area contributed by atoms with Crippen LogP contribution in [0.4, 0.5) is 5.82 Å². The third kappa shape index (κ3) is 2.30. The zero-order valence-corrected chi connectivity index (χ0v) is 9.56. The van der Waals surface area contributed by atoms with Crippen LogP contribution in [0.3, 0.4) is 0 Å². The number of nitriles is 1. The lowest BCUT2D eigenvalue weighted by Gasteiger charge is -2.32. The molecule has 1 aromatic rings. The first-order valence-corrected chi connectivity index (χ1v) is 5.80. The van der Waals surface area contributed by atoms with Gasteiger partial charge in [-0.05, 0) is 25.7 Å². The van der Waals surface area contributed by atoms with Gasteiger partial charge in [-0.2, -0.15) is 5.26 Å². The van der Waals surface area contributed by atoms with Gasteiger partial charge in [0.05, 0.1) is 12.4 Å². The van der Waals surface area contributed by atoms with Crippen molar-refractivity contribution in [1.29, 1.82) is 5.26 Å². The zero-order chi connectivity index (χ0) is 11.4. The minimum Gasteiger partial charge on any atom is -0.355 e. The van der Waals surface area contributed by atoms with Crippen LogP contribution < -0.4 is 4.90 Å². The van der Waals surface area contributed by atoms with E-state index in [0.717, 1.165) is 24.8 Å². The van der Waals surface area contributed by atoms with E-state index < -0.39 is 0 Å². The van der Waals surface area contributed by atoms with Crippen molar-refractivity contribution < 1.29 is 0 Å². The second kappa shape index (κ2) is 4.93. The Morgan fingerprint density at radius 2 is 2.25 bits per heavy atom. The van der Waals surface area contributed by atoms with E-state index in [0.29, 0.717) is 5.69 Å². The molecule has 0 N–H and O–H groups in total. The molecule has 1 aliphatic rings. The monoisotopic (exact) mass is 216 g/mol. The van der Waals surface area contributed by atoms with E-state index in [1.807, 2.05) is 6.07 Å². The maximum atomic E-state index is 8.65. The second-order valence-electron chi connectivity index (χ2n) is 4.21. The van der Waals surface area contributed by atoms with Crippen LogP contribution in [0.5, 0.6) is 0 Å². The van der Waals surface area contributed by atoms with Gasteiger partial charge in [0.25, 0.3) is 0 Å². The smallest absolute Gasteiger partial charge is 0.158 e. The first-order chi connectivity index (χ1) is 7.83. The van der Waals surface area contributed by atoms with Crippen LogP contribution in [-0.4, -0.2) is 23.1 Å². The summed E-state index contributed by atoms with van der Waals surface area (Å²) in [7, 11) is 0. The quantitative estimate of drug-likeness (QED) is 0.772. The number of nitrogens with zero attached hydrogens (tertiary/aromatic N) is 4. The second-order valence-corrected chi connectivity index (χ2v) is 4.21. The molecule has 1 fully saturated rings. The molecule has 1 aromatic heterocycles. The van der Waals surface area contributed by atoms with Gasteiger partial charge in [0, 0.05) is 13.1 Å². The molecule has 1 heterocycles. The van der Waals surface area contributed by atoms with Crippen LogP contribution in [0.1, 0.15) is 31.9 Å². The highest BCUT2D eigenvalue weighted by molar-refractivity contribution is 5.37. The lowest BCUT2D eigenvalue weighted by atomic mass is 9.85. The highest BCUT2D eigenvalue weighted by Gasteiger charge is 2.20. The fraction of sp³-hybridized carbons (Fsp3) is 0.583. The van der Waals surface area contributed by atoms with Gasteiger partial charge in [-0.25, -0.2) is 9.97 Å². The molecule has 0 aromatic carbocycles. The van der Waals surface area contributed by atoms with Crippen LogP contribution in [0, 0.1) is 17.2 Å². The molecule has 84 valence electrons. The molecule has 0 atom stereocenters. The Balaban J connectivity index is 2.03. The molecule has 0 radical (unpaired) electrons. The lowest BCUT2D eigenvalue weighted by molar-refractivity contribution is 0.318. The molecule has 0 bridgehead atoms. The summed E-state index contributed by atoms with van der Waals surface area (Å²) in [5, 5.41) is 8.65. The summed E-state index contributed by atoms with van der Waals surface area (Å²) in [6.45, 7) is 4.13. The van der Waals surface area contributed by atoms with Crippen molar-refractivity contribution in [3.05, 3.63) is 18.1 Å². The predicted molar refractivity (Wildman–Crippen MR) is 62.0 cm³/mol. The topological polar surface area (TPSA) is 52.8 Å². The Morgan fingerprint density at radius 3 is 2.69 bits per heavy atom. The van der Waals surface area contributed by atoms with E-state index in [2.05, 4.69) is 21.8 Å². The highest BCUT2D eigenvalue weighted by atomic mass is 15.2. The van der Waals surface area contributed by atoms with E-state index in [-0.39, 0.29) is 0 Å². The minimum absolute atomic E-state index is 0.378. The molecule has 1 saturated carbocycles. The molecule has 2 rings (SSSR count). The van der Waals surface area contributed by atoms with Gasteiger partial charge in [-0.1, -0.05) is 6.42 Å². The Hall–Kier alpha value is -1.63. The molecule has 16 heavy (non-hydrogen) atoms. The van der Waals surface area contributed by atoms with Gasteiger partial charge in [-0.3, -0.25) is 0 Å². The molecule has 0 unspecified atom stereocenters. The summed E-state index contributed by atoms with van der Waals surface area (Å²) in [6.07, 6.45) is 7.27. The van der Waals surface area contributed by atoms with E-state index in [9.17, 15) is 0 Å². The number of hydrogen-bond donors (Lipinski definition) is 0. The average Bonchev–Trinajstić information content (AvgIpc) is 2.28. The average molecular weight is 216 g/mol. The summed E-state index contributed by atoms with van der Waals surface area (Å²) >= 11 is 0. The summed E-state index contributed by atoms with van der Waals surface area (Å²) in [4.78, 5) is 10.6. The minimum atomic E-state index is 0.378. The molecule has 1 aliphatic carbocycles. The number of rotatable bonds is 4. The molecular formula is C12H16N4. The fourth-order valence-electron chi connectivity index (χ4n) is 1.91. The molecular weight excluding hydrogens is 200 g/mol. The normalized spacial score (nSPS) is 15.2. The van der Waals surface area contributed by atoms with Gasteiger partial charge in [0.1, 0.15) is 11.9 Å². The van der Waals surface area contributed by atoms with Crippen LogP contribution in [0.25, 0.3) is 0 Å². The SMILES string of the molecule is CCN(CC1CCC1)c1cnc(C#N)cn1. The molecule has 4 nitrogen and oxygen atoms in total. The fourth-order valence-corrected chi connectivity index (χ4v) is 1.91. The van der Waals surface area contributed by atoms with Gasteiger partial charge >= 0.3 is 0 Å². The Kier molecular flexibility index (Phi) is 3.35. The lowest BCUT2D eigenvalue weighted by Crippen LogP contribution is -2.33. The van der Waals surface area contributed by atoms with Crippen molar-refractivity contribution in [3.63, 3.8) is 0 Å². The maximum absolute atomic E-state index is 8.65. The van der Waals surface area contributed by atoms with Gasteiger partial charge in [0.2, 0.25) is 0 Å². The van der Waals surface area contributed by atoms with Gasteiger partial charge in [0.15, 0.2) is 5.69 Å².